The summed E-state index contributed by atoms with van der Waals surface area (Å²) in [4.78, 5) is 15.9. The number of amides is 1. The molecule has 0 saturated carbocycles. The Labute approximate surface area is 98.3 Å². The Morgan fingerprint density at radius 2 is 2.25 bits per heavy atom. The summed E-state index contributed by atoms with van der Waals surface area (Å²) >= 11 is 0. The first-order chi connectivity index (χ1) is 7.52. The predicted molar refractivity (Wildman–Crippen MR) is 66.4 cm³/mol. The fourth-order valence-electron chi connectivity index (χ4n) is 1.89. The Hall–Kier alpha value is -0.870. The van der Waals surface area contributed by atoms with E-state index in [0.717, 1.165) is 32.6 Å². The van der Waals surface area contributed by atoms with Crippen molar-refractivity contribution in [2.45, 2.75) is 19.4 Å². The van der Waals surface area contributed by atoms with Crippen LogP contribution in [0.25, 0.3) is 0 Å². The van der Waals surface area contributed by atoms with Crippen LogP contribution in [0.2, 0.25) is 0 Å². The average Bonchev–Trinajstić information content (AvgIpc) is 2.25. The quantitative estimate of drug-likeness (QED) is 0.700. The number of carbonyl (C=O) groups excluding carboxylic acids is 1. The molecule has 1 N–H and O–H groups in total. The molecule has 0 bridgehead atoms. The lowest BCUT2D eigenvalue weighted by molar-refractivity contribution is -0.135. The Morgan fingerprint density at radius 3 is 2.81 bits per heavy atom. The zero-order chi connectivity index (χ0) is 12.1. The van der Waals surface area contributed by atoms with E-state index in [1.807, 2.05) is 21.0 Å². The van der Waals surface area contributed by atoms with Crippen LogP contribution in [0, 0.1) is 0 Å². The van der Waals surface area contributed by atoms with E-state index in [9.17, 15) is 4.79 Å². The molecule has 1 saturated heterocycles. The minimum Gasteiger partial charge on any atom is -0.347 e. The van der Waals surface area contributed by atoms with Crippen LogP contribution in [0.3, 0.4) is 0 Å². The van der Waals surface area contributed by atoms with Gasteiger partial charge < -0.3 is 10.2 Å². The minimum atomic E-state index is -0.0110. The van der Waals surface area contributed by atoms with Gasteiger partial charge in [-0.2, -0.15) is 0 Å². The van der Waals surface area contributed by atoms with E-state index in [4.69, 9.17) is 0 Å². The van der Waals surface area contributed by atoms with Crippen molar-refractivity contribution in [3.8, 4) is 0 Å². The lowest BCUT2D eigenvalue weighted by Crippen LogP contribution is -2.57. The summed E-state index contributed by atoms with van der Waals surface area (Å²) in [7, 11) is 3.63. The van der Waals surface area contributed by atoms with Crippen LogP contribution in [-0.4, -0.2) is 62.0 Å². The van der Waals surface area contributed by atoms with Crippen molar-refractivity contribution >= 4 is 5.91 Å². The molecule has 0 aromatic carbocycles. The van der Waals surface area contributed by atoms with Crippen molar-refractivity contribution in [1.29, 1.82) is 0 Å². The molecule has 1 atom stereocenters. The van der Waals surface area contributed by atoms with Crippen LogP contribution in [0.5, 0.6) is 0 Å². The zero-order valence-corrected chi connectivity index (χ0v) is 10.6. The number of likely N-dealkylation sites (N-methyl/N-ethyl adjacent to an activating group) is 1. The van der Waals surface area contributed by atoms with Crippen LogP contribution in [0.1, 0.15) is 13.3 Å². The SMILES string of the molecule is C=C(C)CCN1CCNCC1C(=O)N(C)C. The molecule has 4 nitrogen and oxygen atoms in total. The van der Waals surface area contributed by atoms with Gasteiger partial charge in [0.15, 0.2) is 0 Å². The molecular formula is C12H23N3O. The molecule has 1 heterocycles. The van der Waals surface area contributed by atoms with Crippen LogP contribution in [0.4, 0.5) is 0 Å². The number of hydrogen-bond donors (Lipinski definition) is 1. The van der Waals surface area contributed by atoms with E-state index in [0.29, 0.717) is 0 Å². The van der Waals surface area contributed by atoms with Gasteiger partial charge in [-0.05, 0) is 13.3 Å². The highest BCUT2D eigenvalue weighted by molar-refractivity contribution is 5.81. The summed E-state index contributed by atoms with van der Waals surface area (Å²) in [6.45, 7) is 9.54. The van der Waals surface area contributed by atoms with Crippen molar-refractivity contribution in [2.24, 2.45) is 0 Å². The van der Waals surface area contributed by atoms with Gasteiger partial charge in [0, 0.05) is 40.3 Å². The first-order valence-electron chi connectivity index (χ1n) is 5.82. The minimum absolute atomic E-state index is 0.0110. The Morgan fingerprint density at radius 1 is 1.56 bits per heavy atom. The molecule has 4 heteroatoms. The number of nitrogens with zero attached hydrogens (tertiary/aromatic N) is 2. The van der Waals surface area contributed by atoms with Gasteiger partial charge in [0.25, 0.3) is 0 Å². The summed E-state index contributed by atoms with van der Waals surface area (Å²) in [5.41, 5.74) is 1.18. The molecule has 1 rings (SSSR count). The molecule has 92 valence electrons. The molecule has 16 heavy (non-hydrogen) atoms. The van der Waals surface area contributed by atoms with E-state index >= 15 is 0 Å². The summed E-state index contributed by atoms with van der Waals surface area (Å²) in [6.07, 6.45) is 0.969. The van der Waals surface area contributed by atoms with Crippen molar-refractivity contribution in [3.05, 3.63) is 12.2 Å². The molecular weight excluding hydrogens is 202 g/mol. The second-order valence-electron chi connectivity index (χ2n) is 4.70. The number of piperazine rings is 1. The second kappa shape index (κ2) is 6.01. The maximum atomic E-state index is 12.0. The normalized spacial score (nSPS) is 21.8. The first kappa shape index (κ1) is 13.2. The molecule has 1 amide bonds. The summed E-state index contributed by atoms with van der Waals surface area (Å²) in [5.74, 6) is 0.189. The van der Waals surface area contributed by atoms with Gasteiger partial charge >= 0.3 is 0 Å². The van der Waals surface area contributed by atoms with Crippen LogP contribution in [-0.2, 0) is 4.79 Å². The van der Waals surface area contributed by atoms with Gasteiger partial charge in [-0.15, -0.1) is 6.58 Å². The summed E-state index contributed by atoms with van der Waals surface area (Å²) in [6, 6.07) is -0.0110. The van der Waals surface area contributed by atoms with Gasteiger partial charge in [0.1, 0.15) is 6.04 Å². The third-order valence-corrected chi connectivity index (χ3v) is 2.91. The van der Waals surface area contributed by atoms with E-state index in [-0.39, 0.29) is 11.9 Å². The highest BCUT2D eigenvalue weighted by Gasteiger charge is 2.28. The number of carbonyl (C=O) groups is 1. The smallest absolute Gasteiger partial charge is 0.240 e. The highest BCUT2D eigenvalue weighted by Crippen LogP contribution is 2.08. The summed E-state index contributed by atoms with van der Waals surface area (Å²) in [5, 5.41) is 3.28. The standard InChI is InChI=1S/C12H23N3O/c1-10(2)5-7-15-8-6-13-9-11(15)12(16)14(3)4/h11,13H,1,5-9H2,2-4H3. The van der Waals surface area contributed by atoms with E-state index in [1.54, 1.807) is 4.90 Å². The number of hydrogen-bond acceptors (Lipinski definition) is 3. The topological polar surface area (TPSA) is 35.6 Å². The second-order valence-corrected chi connectivity index (χ2v) is 4.70. The molecule has 0 aliphatic carbocycles. The van der Waals surface area contributed by atoms with Crippen LogP contribution < -0.4 is 5.32 Å². The summed E-state index contributed by atoms with van der Waals surface area (Å²) < 4.78 is 0. The largest absolute Gasteiger partial charge is 0.347 e. The zero-order valence-electron chi connectivity index (χ0n) is 10.6. The van der Waals surface area contributed by atoms with Gasteiger partial charge in [0.2, 0.25) is 5.91 Å². The molecule has 0 radical (unpaired) electrons. The Kier molecular flexibility index (Phi) is 4.96. The maximum Gasteiger partial charge on any atom is 0.240 e. The molecule has 1 fully saturated rings. The van der Waals surface area contributed by atoms with Crippen molar-refractivity contribution in [2.75, 3.05) is 40.3 Å². The number of rotatable bonds is 4. The fraction of sp³-hybridized carbons (Fsp3) is 0.750. The Balaban J connectivity index is 2.56. The van der Waals surface area contributed by atoms with E-state index in [1.165, 1.54) is 5.57 Å². The molecule has 1 unspecified atom stereocenters. The predicted octanol–water partition coefficient (Wildman–Crippen LogP) is 0.315. The lowest BCUT2D eigenvalue weighted by Gasteiger charge is -2.36. The monoisotopic (exact) mass is 225 g/mol. The molecule has 0 aromatic heterocycles. The fourth-order valence-corrected chi connectivity index (χ4v) is 1.89. The molecule has 1 aliphatic rings. The van der Waals surface area contributed by atoms with Crippen LogP contribution in [0.15, 0.2) is 12.2 Å². The molecule has 0 spiro atoms. The van der Waals surface area contributed by atoms with Gasteiger partial charge in [-0.3, -0.25) is 9.69 Å². The average molecular weight is 225 g/mol. The third-order valence-electron chi connectivity index (χ3n) is 2.91. The highest BCUT2D eigenvalue weighted by atomic mass is 16.2. The molecule has 1 aliphatic heterocycles. The van der Waals surface area contributed by atoms with E-state index < -0.39 is 0 Å². The van der Waals surface area contributed by atoms with E-state index in [2.05, 4.69) is 16.8 Å². The Bertz CT molecular complexity index is 263. The van der Waals surface area contributed by atoms with Gasteiger partial charge in [-0.1, -0.05) is 5.57 Å². The van der Waals surface area contributed by atoms with Crippen molar-refractivity contribution in [1.82, 2.24) is 15.1 Å². The lowest BCUT2D eigenvalue weighted by atomic mass is 10.1. The van der Waals surface area contributed by atoms with Crippen molar-refractivity contribution in [3.63, 3.8) is 0 Å². The van der Waals surface area contributed by atoms with Crippen molar-refractivity contribution < 1.29 is 4.79 Å². The maximum absolute atomic E-state index is 12.0. The number of nitrogens with one attached hydrogen (secondary N) is 1. The van der Waals surface area contributed by atoms with Gasteiger partial charge in [0.05, 0.1) is 0 Å². The molecule has 0 aromatic rings. The van der Waals surface area contributed by atoms with Gasteiger partial charge in [-0.25, -0.2) is 0 Å². The third kappa shape index (κ3) is 3.61. The van der Waals surface area contributed by atoms with Crippen LogP contribution >= 0.6 is 0 Å². The first-order valence-corrected chi connectivity index (χ1v) is 5.82.